The zero-order chi connectivity index (χ0) is 39.1. The third-order valence-corrected chi connectivity index (χ3v) is 12.6. The van der Waals surface area contributed by atoms with Gasteiger partial charge in [-0.1, -0.05) is 167 Å². The van der Waals surface area contributed by atoms with Gasteiger partial charge in [0, 0.05) is 38.4 Å². The van der Waals surface area contributed by atoms with E-state index in [1.807, 2.05) is 0 Å². The highest BCUT2D eigenvalue weighted by molar-refractivity contribution is 6.16. The van der Waals surface area contributed by atoms with Crippen molar-refractivity contribution in [2.75, 3.05) is 4.90 Å². The standard InChI is InChI=1S/C56H43NO/c1-35(2)41-20-11-15-38-16-12-21-43(53(38)41)37-26-30-40(31-27-37)57(51-25-13-23-49-54(51)46-19-7-9-22-48(46)56(49,3)4)50-24-10-8-17-42(50)39-29-33-52-47(34-39)45-32-28-36-14-5-6-18-44(36)55(45)58-52/h5-35H,1-4H3. The molecule has 9 aromatic carbocycles. The highest BCUT2D eigenvalue weighted by atomic mass is 16.3. The zero-order valence-electron chi connectivity index (χ0n) is 33.3. The van der Waals surface area contributed by atoms with Crippen molar-refractivity contribution in [2.45, 2.75) is 39.0 Å². The topological polar surface area (TPSA) is 16.4 Å². The molecule has 278 valence electrons. The van der Waals surface area contributed by atoms with Gasteiger partial charge in [0.15, 0.2) is 0 Å². The number of anilines is 3. The molecule has 0 bridgehead atoms. The summed E-state index contributed by atoms with van der Waals surface area (Å²) in [7, 11) is 0. The second kappa shape index (κ2) is 13.1. The van der Waals surface area contributed by atoms with Gasteiger partial charge in [-0.3, -0.25) is 0 Å². The smallest absolute Gasteiger partial charge is 0.143 e. The van der Waals surface area contributed by atoms with E-state index >= 15 is 0 Å². The van der Waals surface area contributed by atoms with Crippen molar-refractivity contribution < 1.29 is 4.42 Å². The zero-order valence-corrected chi connectivity index (χ0v) is 33.3. The number of hydrogen-bond donors (Lipinski definition) is 0. The van der Waals surface area contributed by atoms with E-state index in [9.17, 15) is 0 Å². The molecule has 11 rings (SSSR count). The van der Waals surface area contributed by atoms with Gasteiger partial charge in [-0.15, -0.1) is 0 Å². The van der Waals surface area contributed by atoms with Crippen LogP contribution >= 0.6 is 0 Å². The Morgan fingerprint density at radius 2 is 1.14 bits per heavy atom. The molecule has 0 saturated heterocycles. The molecule has 2 heteroatoms. The number of benzene rings is 9. The lowest BCUT2D eigenvalue weighted by atomic mass is 9.82. The summed E-state index contributed by atoms with van der Waals surface area (Å²) in [5, 5.41) is 7.19. The molecule has 1 aromatic heterocycles. The summed E-state index contributed by atoms with van der Waals surface area (Å²) in [6.45, 7) is 9.29. The molecule has 0 radical (unpaired) electrons. The monoisotopic (exact) mass is 745 g/mol. The van der Waals surface area contributed by atoms with E-state index in [0.717, 1.165) is 49.8 Å². The fourth-order valence-corrected chi connectivity index (χ4v) is 9.80. The number of rotatable bonds is 6. The van der Waals surface area contributed by atoms with Gasteiger partial charge >= 0.3 is 0 Å². The van der Waals surface area contributed by atoms with Crippen LogP contribution in [0.3, 0.4) is 0 Å². The largest absolute Gasteiger partial charge is 0.455 e. The number of hydrogen-bond acceptors (Lipinski definition) is 2. The molecule has 2 nitrogen and oxygen atoms in total. The molecular weight excluding hydrogens is 703 g/mol. The van der Waals surface area contributed by atoms with Crippen LogP contribution in [-0.4, -0.2) is 0 Å². The van der Waals surface area contributed by atoms with Crippen molar-refractivity contribution in [3.05, 3.63) is 199 Å². The molecule has 1 aliphatic rings. The molecule has 0 amide bonds. The maximum absolute atomic E-state index is 6.56. The molecule has 58 heavy (non-hydrogen) atoms. The number of fused-ring (bicyclic) bond motifs is 9. The SMILES string of the molecule is CC(C)c1cccc2cccc(-c3ccc(N(c4ccccc4-c4ccc5oc6c7ccccc7ccc6c5c4)c4cccc5c4-c4ccccc4C5(C)C)cc3)c12. The van der Waals surface area contributed by atoms with Gasteiger partial charge in [0.1, 0.15) is 11.2 Å². The van der Waals surface area contributed by atoms with Crippen LogP contribution in [-0.2, 0) is 5.41 Å². The Kier molecular flexibility index (Phi) is 7.75. The molecule has 0 aliphatic heterocycles. The van der Waals surface area contributed by atoms with Crippen LogP contribution in [0.15, 0.2) is 186 Å². The van der Waals surface area contributed by atoms with Gasteiger partial charge in [-0.25, -0.2) is 0 Å². The third-order valence-electron chi connectivity index (χ3n) is 12.6. The predicted molar refractivity (Wildman–Crippen MR) is 246 cm³/mol. The highest BCUT2D eigenvalue weighted by Crippen LogP contribution is 2.55. The molecule has 0 spiro atoms. The van der Waals surface area contributed by atoms with E-state index in [1.165, 1.54) is 60.8 Å². The summed E-state index contributed by atoms with van der Waals surface area (Å²) in [6, 6.07) is 66.9. The third kappa shape index (κ3) is 5.18. The van der Waals surface area contributed by atoms with Crippen LogP contribution in [0.25, 0.3) is 76.9 Å². The number of para-hydroxylation sites is 1. The molecule has 10 aromatic rings. The first-order valence-electron chi connectivity index (χ1n) is 20.5. The summed E-state index contributed by atoms with van der Waals surface area (Å²) in [5.74, 6) is 0.419. The molecule has 0 atom stereocenters. The first-order chi connectivity index (χ1) is 28.4. The minimum atomic E-state index is -0.128. The number of nitrogens with zero attached hydrogens (tertiary/aromatic N) is 1. The van der Waals surface area contributed by atoms with E-state index in [4.69, 9.17) is 4.42 Å². The highest BCUT2D eigenvalue weighted by Gasteiger charge is 2.38. The van der Waals surface area contributed by atoms with Crippen molar-refractivity contribution in [3.8, 4) is 33.4 Å². The van der Waals surface area contributed by atoms with Crippen molar-refractivity contribution in [2.24, 2.45) is 0 Å². The average Bonchev–Trinajstić information content (AvgIpc) is 3.76. The summed E-state index contributed by atoms with van der Waals surface area (Å²) in [6.07, 6.45) is 0. The summed E-state index contributed by atoms with van der Waals surface area (Å²) >= 11 is 0. The van der Waals surface area contributed by atoms with Crippen molar-refractivity contribution >= 4 is 60.5 Å². The minimum Gasteiger partial charge on any atom is -0.455 e. The lowest BCUT2D eigenvalue weighted by molar-refractivity contribution is 0.660. The fraction of sp³-hybridized carbons (Fsp3) is 0.107. The summed E-state index contributed by atoms with van der Waals surface area (Å²) in [4.78, 5) is 2.49. The summed E-state index contributed by atoms with van der Waals surface area (Å²) < 4.78 is 6.56. The van der Waals surface area contributed by atoms with Crippen LogP contribution in [0.4, 0.5) is 17.1 Å². The first kappa shape index (κ1) is 34.4. The molecular formula is C56H43NO. The molecule has 0 fully saturated rings. The van der Waals surface area contributed by atoms with Crippen LogP contribution in [0.2, 0.25) is 0 Å². The van der Waals surface area contributed by atoms with Crippen molar-refractivity contribution in [3.63, 3.8) is 0 Å². The van der Waals surface area contributed by atoms with Crippen LogP contribution < -0.4 is 4.90 Å². The van der Waals surface area contributed by atoms with Gasteiger partial charge in [0.25, 0.3) is 0 Å². The summed E-state index contributed by atoms with van der Waals surface area (Å²) in [5.41, 5.74) is 16.6. The maximum atomic E-state index is 6.56. The van der Waals surface area contributed by atoms with E-state index < -0.39 is 0 Å². The van der Waals surface area contributed by atoms with Gasteiger partial charge < -0.3 is 9.32 Å². The average molecular weight is 746 g/mol. The number of furan rings is 1. The Labute approximate surface area is 339 Å². The van der Waals surface area contributed by atoms with Crippen LogP contribution in [0.1, 0.15) is 50.3 Å². The van der Waals surface area contributed by atoms with E-state index in [0.29, 0.717) is 5.92 Å². The Hall–Kier alpha value is -6.90. The second-order valence-electron chi connectivity index (χ2n) is 16.7. The van der Waals surface area contributed by atoms with Gasteiger partial charge in [0.05, 0.1) is 11.4 Å². The Bertz CT molecular complexity index is 3230. The fourth-order valence-electron chi connectivity index (χ4n) is 9.80. The maximum Gasteiger partial charge on any atom is 0.143 e. The molecule has 1 heterocycles. The molecule has 0 unspecified atom stereocenters. The van der Waals surface area contributed by atoms with E-state index in [1.54, 1.807) is 0 Å². The Balaban J connectivity index is 1.13. The lowest BCUT2D eigenvalue weighted by Gasteiger charge is -2.30. The van der Waals surface area contributed by atoms with Gasteiger partial charge in [0.2, 0.25) is 0 Å². The Morgan fingerprint density at radius 1 is 0.483 bits per heavy atom. The van der Waals surface area contributed by atoms with E-state index in [2.05, 4.69) is 215 Å². The van der Waals surface area contributed by atoms with Gasteiger partial charge in [-0.2, -0.15) is 0 Å². The Morgan fingerprint density at radius 3 is 1.98 bits per heavy atom. The predicted octanol–water partition coefficient (Wildman–Crippen LogP) is 16.1. The first-order valence-corrected chi connectivity index (χ1v) is 20.5. The van der Waals surface area contributed by atoms with Crippen molar-refractivity contribution in [1.82, 2.24) is 0 Å². The second-order valence-corrected chi connectivity index (χ2v) is 16.7. The van der Waals surface area contributed by atoms with E-state index in [-0.39, 0.29) is 5.41 Å². The quantitative estimate of drug-likeness (QED) is 0.169. The molecule has 0 saturated carbocycles. The molecule has 1 aliphatic carbocycles. The molecule has 0 N–H and O–H groups in total. The van der Waals surface area contributed by atoms with Crippen LogP contribution in [0.5, 0.6) is 0 Å². The van der Waals surface area contributed by atoms with Crippen LogP contribution in [0, 0.1) is 0 Å². The minimum absolute atomic E-state index is 0.128. The lowest BCUT2D eigenvalue weighted by Crippen LogP contribution is -2.16. The van der Waals surface area contributed by atoms with Gasteiger partial charge in [-0.05, 0) is 103 Å². The normalized spacial score (nSPS) is 13.1. The van der Waals surface area contributed by atoms with Crippen molar-refractivity contribution in [1.29, 1.82) is 0 Å².